The summed E-state index contributed by atoms with van der Waals surface area (Å²) in [6, 6.07) is 9.47. The second-order valence-electron chi connectivity index (χ2n) is 7.32. The molecule has 1 heterocycles. The van der Waals surface area contributed by atoms with Gasteiger partial charge in [-0.15, -0.1) is 6.58 Å². The molecule has 2 rings (SSSR count). The molecule has 1 aliphatic heterocycles. The number of likely N-dealkylation sites (tertiary alicyclic amines) is 1. The third kappa shape index (κ3) is 4.62. The van der Waals surface area contributed by atoms with Gasteiger partial charge in [0.2, 0.25) is 0 Å². The fraction of sp³-hybridized carbons (Fsp3) is 0.500. The van der Waals surface area contributed by atoms with Gasteiger partial charge in [0.15, 0.2) is 0 Å². The highest BCUT2D eigenvalue weighted by atomic mass is 16.6. The number of carbonyl (C=O) groups is 2. The van der Waals surface area contributed by atoms with Crippen LogP contribution in [0.4, 0.5) is 4.79 Å². The molecule has 0 N–H and O–H groups in total. The highest BCUT2D eigenvalue weighted by molar-refractivity contribution is 5.87. The minimum Gasteiger partial charge on any atom is -0.458 e. The predicted molar refractivity (Wildman–Crippen MR) is 96.0 cm³/mol. The molecular formula is C20H27NO4. The Morgan fingerprint density at radius 3 is 2.56 bits per heavy atom. The Morgan fingerprint density at radius 2 is 1.96 bits per heavy atom. The van der Waals surface area contributed by atoms with Gasteiger partial charge in [-0.2, -0.15) is 0 Å². The molecule has 1 aromatic carbocycles. The van der Waals surface area contributed by atoms with Crippen LogP contribution in [0.15, 0.2) is 43.0 Å². The minimum atomic E-state index is -1.02. The maximum absolute atomic E-state index is 12.8. The number of hydrogen-bond acceptors (Lipinski definition) is 4. The monoisotopic (exact) mass is 345 g/mol. The summed E-state index contributed by atoms with van der Waals surface area (Å²) in [5, 5.41) is 0. The van der Waals surface area contributed by atoms with Gasteiger partial charge in [0, 0.05) is 6.54 Å². The maximum atomic E-state index is 12.8. The zero-order valence-electron chi connectivity index (χ0n) is 15.3. The van der Waals surface area contributed by atoms with Crippen molar-refractivity contribution in [1.82, 2.24) is 4.90 Å². The smallest absolute Gasteiger partial charge is 0.411 e. The SMILES string of the molecule is C=CCC1(C(=O)OC(C)(C)C)CCCN1C(=O)OCc1ccccc1. The molecule has 0 spiro atoms. The van der Waals surface area contributed by atoms with Crippen LogP contribution in [0.25, 0.3) is 0 Å². The zero-order chi connectivity index (χ0) is 18.5. The highest BCUT2D eigenvalue weighted by Gasteiger charge is 2.51. The van der Waals surface area contributed by atoms with E-state index in [1.807, 2.05) is 51.1 Å². The summed E-state index contributed by atoms with van der Waals surface area (Å²) in [7, 11) is 0. The van der Waals surface area contributed by atoms with Crippen LogP contribution < -0.4 is 0 Å². The summed E-state index contributed by atoms with van der Waals surface area (Å²) in [6.07, 6.45) is 2.80. The molecule has 1 aliphatic rings. The molecule has 0 aromatic heterocycles. The Balaban J connectivity index is 2.14. The number of carbonyl (C=O) groups excluding carboxylic acids is 2. The molecule has 0 bridgehead atoms. The summed E-state index contributed by atoms with van der Waals surface area (Å²) in [5.41, 5.74) is -0.738. The third-order valence-corrected chi connectivity index (χ3v) is 4.18. The summed E-state index contributed by atoms with van der Waals surface area (Å²) in [6.45, 7) is 9.85. The Labute approximate surface area is 149 Å². The van der Waals surface area contributed by atoms with Crippen molar-refractivity contribution in [3.8, 4) is 0 Å². The first kappa shape index (κ1) is 19.0. The lowest BCUT2D eigenvalue weighted by Crippen LogP contribution is -2.55. The predicted octanol–water partition coefficient (Wildman–Crippen LogP) is 4.08. The van der Waals surface area contributed by atoms with E-state index in [0.717, 1.165) is 12.0 Å². The highest BCUT2D eigenvalue weighted by Crippen LogP contribution is 2.36. The fourth-order valence-corrected chi connectivity index (χ4v) is 3.06. The van der Waals surface area contributed by atoms with Crippen molar-refractivity contribution in [2.45, 2.75) is 57.8 Å². The topological polar surface area (TPSA) is 55.8 Å². The van der Waals surface area contributed by atoms with Crippen LogP contribution >= 0.6 is 0 Å². The van der Waals surface area contributed by atoms with Crippen LogP contribution in [-0.4, -0.2) is 34.6 Å². The van der Waals surface area contributed by atoms with Crippen molar-refractivity contribution in [3.63, 3.8) is 0 Å². The molecular weight excluding hydrogens is 318 g/mol. The molecule has 1 unspecified atom stereocenters. The van der Waals surface area contributed by atoms with Crippen molar-refractivity contribution in [2.24, 2.45) is 0 Å². The van der Waals surface area contributed by atoms with Gasteiger partial charge < -0.3 is 9.47 Å². The molecule has 5 heteroatoms. The summed E-state index contributed by atoms with van der Waals surface area (Å²) >= 11 is 0. The van der Waals surface area contributed by atoms with Gasteiger partial charge in [0.05, 0.1) is 0 Å². The zero-order valence-corrected chi connectivity index (χ0v) is 15.3. The van der Waals surface area contributed by atoms with Gasteiger partial charge in [-0.25, -0.2) is 9.59 Å². The number of esters is 1. The van der Waals surface area contributed by atoms with E-state index in [1.54, 1.807) is 6.08 Å². The Bertz CT molecular complexity index is 620. The molecule has 1 aromatic rings. The van der Waals surface area contributed by atoms with Crippen LogP contribution in [0, 0.1) is 0 Å². The first-order valence-electron chi connectivity index (χ1n) is 8.61. The van der Waals surface area contributed by atoms with Crippen molar-refractivity contribution in [2.75, 3.05) is 6.54 Å². The lowest BCUT2D eigenvalue weighted by molar-refractivity contribution is -0.167. The second kappa shape index (κ2) is 7.72. The number of hydrogen-bond donors (Lipinski definition) is 0. The second-order valence-corrected chi connectivity index (χ2v) is 7.32. The summed E-state index contributed by atoms with van der Waals surface area (Å²) < 4.78 is 11.0. The van der Waals surface area contributed by atoms with Crippen LogP contribution in [-0.2, 0) is 20.9 Å². The third-order valence-electron chi connectivity index (χ3n) is 4.18. The van der Waals surface area contributed by atoms with Crippen LogP contribution in [0.5, 0.6) is 0 Å². The van der Waals surface area contributed by atoms with Crippen molar-refractivity contribution >= 4 is 12.1 Å². The molecule has 1 atom stereocenters. The van der Waals surface area contributed by atoms with E-state index in [9.17, 15) is 9.59 Å². The van der Waals surface area contributed by atoms with E-state index < -0.39 is 23.2 Å². The van der Waals surface area contributed by atoms with Crippen molar-refractivity contribution < 1.29 is 19.1 Å². The fourth-order valence-electron chi connectivity index (χ4n) is 3.06. The van der Waals surface area contributed by atoms with Gasteiger partial charge in [-0.1, -0.05) is 36.4 Å². The van der Waals surface area contributed by atoms with Gasteiger partial charge >= 0.3 is 12.1 Å². The number of benzene rings is 1. The Hall–Kier alpha value is -2.30. The van der Waals surface area contributed by atoms with E-state index in [2.05, 4.69) is 6.58 Å². The van der Waals surface area contributed by atoms with E-state index in [1.165, 1.54) is 4.90 Å². The summed E-state index contributed by atoms with van der Waals surface area (Å²) in [5.74, 6) is -0.394. The molecule has 0 aliphatic carbocycles. The summed E-state index contributed by atoms with van der Waals surface area (Å²) in [4.78, 5) is 27.0. The standard InChI is InChI=1S/C20H27NO4/c1-5-12-20(17(22)25-19(2,3)4)13-9-14-21(20)18(23)24-15-16-10-7-6-8-11-16/h5-8,10-11H,1,9,12-15H2,2-4H3. The van der Waals surface area contributed by atoms with Gasteiger partial charge in [0.1, 0.15) is 17.7 Å². The van der Waals surface area contributed by atoms with E-state index >= 15 is 0 Å². The molecule has 1 amide bonds. The first-order chi connectivity index (χ1) is 11.8. The van der Waals surface area contributed by atoms with E-state index in [-0.39, 0.29) is 6.61 Å². The maximum Gasteiger partial charge on any atom is 0.411 e. The Morgan fingerprint density at radius 1 is 1.28 bits per heavy atom. The minimum absolute atomic E-state index is 0.175. The molecule has 1 saturated heterocycles. The molecule has 5 nitrogen and oxygen atoms in total. The van der Waals surface area contributed by atoms with Gasteiger partial charge in [-0.05, 0) is 45.6 Å². The Kier molecular flexibility index (Phi) is 5.88. The molecule has 0 saturated carbocycles. The first-order valence-corrected chi connectivity index (χ1v) is 8.61. The van der Waals surface area contributed by atoms with Crippen molar-refractivity contribution in [3.05, 3.63) is 48.6 Å². The number of amides is 1. The largest absolute Gasteiger partial charge is 0.458 e. The average molecular weight is 345 g/mol. The van der Waals surface area contributed by atoms with Gasteiger partial charge in [0.25, 0.3) is 0 Å². The number of nitrogens with zero attached hydrogens (tertiary/aromatic N) is 1. The molecule has 0 radical (unpaired) electrons. The van der Waals surface area contributed by atoms with Crippen LogP contribution in [0.3, 0.4) is 0 Å². The van der Waals surface area contributed by atoms with Crippen LogP contribution in [0.1, 0.15) is 45.6 Å². The van der Waals surface area contributed by atoms with Crippen molar-refractivity contribution in [1.29, 1.82) is 0 Å². The lowest BCUT2D eigenvalue weighted by Gasteiger charge is -2.37. The number of ether oxygens (including phenoxy) is 2. The van der Waals surface area contributed by atoms with E-state index in [4.69, 9.17) is 9.47 Å². The molecule has 136 valence electrons. The van der Waals surface area contributed by atoms with Gasteiger partial charge in [-0.3, -0.25) is 4.90 Å². The average Bonchev–Trinajstić information content (AvgIpc) is 2.97. The molecule has 1 fully saturated rings. The normalized spacial score (nSPS) is 20.2. The quantitative estimate of drug-likeness (QED) is 0.596. The number of rotatable bonds is 5. The van der Waals surface area contributed by atoms with E-state index in [0.29, 0.717) is 19.4 Å². The van der Waals surface area contributed by atoms with Crippen LogP contribution in [0.2, 0.25) is 0 Å². The molecule has 25 heavy (non-hydrogen) atoms. The lowest BCUT2D eigenvalue weighted by atomic mass is 9.92.